The molecule has 0 saturated heterocycles. The number of anilines is 2. The molecule has 5 heteroatoms. The fraction of sp³-hybridized carbons (Fsp3) is 0.179. The first-order valence-corrected chi connectivity index (χ1v) is 11.0. The van der Waals surface area contributed by atoms with Gasteiger partial charge in [-0.05, 0) is 72.5 Å². The van der Waals surface area contributed by atoms with Gasteiger partial charge in [0.2, 0.25) is 5.91 Å². The molecular weight excluding hydrogens is 408 g/mol. The minimum absolute atomic E-state index is 0.0410. The highest BCUT2D eigenvalue weighted by Crippen LogP contribution is 2.26. The summed E-state index contributed by atoms with van der Waals surface area (Å²) in [6.07, 6.45) is 3.67. The molecule has 1 amide bonds. The Bertz CT molecular complexity index is 1250. The van der Waals surface area contributed by atoms with E-state index >= 15 is 0 Å². The first kappa shape index (κ1) is 22.2. The van der Waals surface area contributed by atoms with Gasteiger partial charge in [-0.15, -0.1) is 0 Å². The Balaban J connectivity index is 1.46. The van der Waals surface area contributed by atoms with Crippen LogP contribution in [0.5, 0.6) is 0 Å². The number of nitrogens with one attached hydrogen (secondary N) is 1. The maximum absolute atomic E-state index is 12.9. The monoisotopic (exact) mass is 436 g/mol. The van der Waals surface area contributed by atoms with E-state index in [2.05, 4.69) is 27.4 Å². The molecule has 2 aromatic carbocycles. The van der Waals surface area contributed by atoms with Gasteiger partial charge in [-0.1, -0.05) is 36.4 Å². The van der Waals surface area contributed by atoms with Crippen LogP contribution in [0, 0.1) is 6.92 Å². The van der Waals surface area contributed by atoms with Gasteiger partial charge < -0.3 is 10.2 Å². The van der Waals surface area contributed by atoms with Gasteiger partial charge in [0.15, 0.2) is 0 Å². The molecule has 0 aliphatic rings. The first-order chi connectivity index (χ1) is 15.9. The lowest BCUT2D eigenvalue weighted by Crippen LogP contribution is -2.18. The van der Waals surface area contributed by atoms with Crippen molar-refractivity contribution in [3.8, 4) is 22.3 Å². The number of hydrogen-bond acceptors (Lipinski definition) is 4. The lowest BCUT2D eigenvalue weighted by molar-refractivity contribution is -0.117. The van der Waals surface area contributed by atoms with Crippen molar-refractivity contribution >= 4 is 17.4 Å². The number of rotatable bonds is 6. The number of hydrogen-bond donors (Lipinski definition) is 1. The van der Waals surface area contributed by atoms with Gasteiger partial charge in [0.1, 0.15) is 5.82 Å². The predicted molar refractivity (Wildman–Crippen MR) is 135 cm³/mol. The molecule has 0 saturated carbocycles. The Morgan fingerprint density at radius 2 is 1.58 bits per heavy atom. The van der Waals surface area contributed by atoms with Crippen LogP contribution in [0.4, 0.5) is 11.5 Å². The van der Waals surface area contributed by atoms with Crippen molar-refractivity contribution in [2.24, 2.45) is 0 Å². The Kier molecular flexibility index (Phi) is 6.50. The molecule has 1 atom stereocenters. The summed E-state index contributed by atoms with van der Waals surface area (Å²) in [5.41, 5.74) is 6.99. The highest BCUT2D eigenvalue weighted by atomic mass is 16.1. The lowest BCUT2D eigenvalue weighted by Gasteiger charge is -2.15. The Morgan fingerprint density at radius 1 is 0.848 bits per heavy atom. The van der Waals surface area contributed by atoms with Crippen LogP contribution in [0.15, 0.2) is 85.2 Å². The largest absolute Gasteiger partial charge is 0.363 e. The molecule has 0 bridgehead atoms. The fourth-order valence-corrected chi connectivity index (χ4v) is 3.68. The molecule has 0 fully saturated rings. The van der Waals surface area contributed by atoms with Gasteiger partial charge in [-0.25, -0.2) is 4.98 Å². The molecule has 33 heavy (non-hydrogen) atoms. The standard InChI is InChI=1S/C28H28N4O/c1-19-16-24(14-15-29-19)21-8-11-26(12-9-21)31-28(33)20(2)22-6-5-7-23(17-22)25-10-13-27(30-18-25)32(3)4/h5-18,20H,1-4H3,(H,31,33)/t20-/m0/s1. The minimum Gasteiger partial charge on any atom is -0.363 e. The van der Waals surface area contributed by atoms with Gasteiger partial charge in [0, 0.05) is 43.4 Å². The van der Waals surface area contributed by atoms with E-state index in [1.54, 1.807) is 0 Å². The number of aromatic nitrogens is 2. The maximum atomic E-state index is 12.9. The number of carbonyl (C=O) groups excluding carboxylic acids is 1. The Morgan fingerprint density at radius 3 is 2.24 bits per heavy atom. The second-order valence-electron chi connectivity index (χ2n) is 8.40. The molecule has 2 heterocycles. The number of nitrogens with zero attached hydrogens (tertiary/aromatic N) is 3. The zero-order chi connectivity index (χ0) is 23.4. The third-order valence-electron chi connectivity index (χ3n) is 5.70. The molecule has 4 rings (SSSR count). The van der Waals surface area contributed by atoms with Crippen LogP contribution >= 0.6 is 0 Å². The molecule has 5 nitrogen and oxygen atoms in total. The quantitative estimate of drug-likeness (QED) is 0.407. The number of aryl methyl sites for hydroxylation is 1. The molecule has 0 unspecified atom stereocenters. The Labute approximate surface area is 195 Å². The van der Waals surface area contributed by atoms with E-state index in [0.29, 0.717) is 0 Å². The van der Waals surface area contributed by atoms with E-state index in [4.69, 9.17) is 0 Å². The summed E-state index contributed by atoms with van der Waals surface area (Å²) in [5, 5.41) is 3.04. The van der Waals surface area contributed by atoms with Crippen LogP contribution in [0.1, 0.15) is 24.1 Å². The van der Waals surface area contributed by atoms with E-state index in [-0.39, 0.29) is 11.8 Å². The summed E-state index contributed by atoms with van der Waals surface area (Å²) in [6, 6.07) is 24.1. The fourth-order valence-electron chi connectivity index (χ4n) is 3.68. The number of amides is 1. The lowest BCUT2D eigenvalue weighted by atomic mass is 9.96. The molecule has 0 radical (unpaired) electrons. The van der Waals surface area contributed by atoms with Crippen molar-refractivity contribution in [3.63, 3.8) is 0 Å². The Hall–Kier alpha value is -3.99. The van der Waals surface area contributed by atoms with Crippen molar-refractivity contribution in [1.82, 2.24) is 9.97 Å². The van der Waals surface area contributed by atoms with Gasteiger partial charge in [-0.2, -0.15) is 0 Å². The summed E-state index contributed by atoms with van der Waals surface area (Å²) >= 11 is 0. The molecule has 166 valence electrons. The zero-order valence-electron chi connectivity index (χ0n) is 19.4. The topological polar surface area (TPSA) is 58.1 Å². The normalized spacial score (nSPS) is 11.6. The van der Waals surface area contributed by atoms with E-state index in [1.165, 1.54) is 0 Å². The third kappa shape index (κ3) is 5.26. The van der Waals surface area contributed by atoms with Gasteiger partial charge in [0.05, 0.1) is 5.92 Å². The van der Waals surface area contributed by atoms with Crippen LogP contribution in [-0.2, 0) is 4.79 Å². The molecule has 0 aliphatic carbocycles. The third-order valence-corrected chi connectivity index (χ3v) is 5.70. The highest BCUT2D eigenvalue weighted by molar-refractivity contribution is 5.96. The summed E-state index contributed by atoms with van der Waals surface area (Å²) in [5.74, 6) is 0.579. The zero-order valence-corrected chi connectivity index (χ0v) is 19.4. The summed E-state index contributed by atoms with van der Waals surface area (Å²) < 4.78 is 0. The highest BCUT2D eigenvalue weighted by Gasteiger charge is 2.16. The number of carbonyl (C=O) groups is 1. The maximum Gasteiger partial charge on any atom is 0.231 e. The van der Waals surface area contributed by atoms with Crippen LogP contribution in [0.2, 0.25) is 0 Å². The van der Waals surface area contributed by atoms with Crippen LogP contribution in [0.25, 0.3) is 22.3 Å². The molecule has 0 aliphatic heterocycles. The van der Waals surface area contributed by atoms with E-state index in [9.17, 15) is 4.79 Å². The minimum atomic E-state index is -0.290. The van der Waals surface area contributed by atoms with E-state index < -0.39 is 0 Å². The van der Waals surface area contributed by atoms with Crippen LogP contribution in [0.3, 0.4) is 0 Å². The summed E-state index contributed by atoms with van der Waals surface area (Å²) in [4.78, 5) is 23.7. The van der Waals surface area contributed by atoms with Gasteiger partial charge in [0.25, 0.3) is 0 Å². The van der Waals surface area contributed by atoms with Crippen molar-refractivity contribution in [3.05, 3.63) is 96.4 Å². The van der Waals surface area contributed by atoms with E-state index in [0.717, 1.165) is 45.0 Å². The number of pyridine rings is 2. The second-order valence-corrected chi connectivity index (χ2v) is 8.40. The molecular formula is C28H28N4O. The number of benzene rings is 2. The van der Waals surface area contributed by atoms with Crippen LogP contribution < -0.4 is 10.2 Å². The SMILES string of the molecule is Cc1cc(-c2ccc(NC(=O)[C@@H](C)c3cccc(-c4ccc(N(C)C)nc4)c3)cc2)ccn1. The van der Waals surface area contributed by atoms with Crippen LogP contribution in [-0.4, -0.2) is 30.0 Å². The molecule has 4 aromatic rings. The molecule has 0 spiro atoms. The van der Waals surface area contributed by atoms with Crippen molar-refractivity contribution < 1.29 is 4.79 Å². The molecule has 2 aromatic heterocycles. The second kappa shape index (κ2) is 9.65. The predicted octanol–water partition coefficient (Wildman–Crippen LogP) is 5.93. The van der Waals surface area contributed by atoms with Crippen molar-refractivity contribution in [2.45, 2.75) is 19.8 Å². The van der Waals surface area contributed by atoms with E-state index in [1.807, 2.05) is 106 Å². The summed E-state index contributed by atoms with van der Waals surface area (Å²) in [6.45, 7) is 3.90. The van der Waals surface area contributed by atoms with Crippen molar-refractivity contribution in [2.75, 3.05) is 24.3 Å². The average Bonchev–Trinajstić information content (AvgIpc) is 2.84. The average molecular weight is 437 g/mol. The van der Waals surface area contributed by atoms with Gasteiger partial charge in [-0.3, -0.25) is 9.78 Å². The van der Waals surface area contributed by atoms with Crippen molar-refractivity contribution in [1.29, 1.82) is 0 Å². The first-order valence-electron chi connectivity index (χ1n) is 11.0. The smallest absolute Gasteiger partial charge is 0.231 e. The summed E-state index contributed by atoms with van der Waals surface area (Å²) in [7, 11) is 3.94. The molecule has 1 N–H and O–H groups in total. The van der Waals surface area contributed by atoms with Gasteiger partial charge >= 0.3 is 0 Å².